The molecule has 0 spiro atoms. The average Bonchev–Trinajstić information content (AvgIpc) is 4.16. The maximum atomic E-state index is 12.9. The minimum Gasteiger partial charge on any atom is -0.462 e. The molecule has 4 rings (SSSR count). The van der Waals surface area contributed by atoms with Gasteiger partial charge in [0.05, 0.1) is 62.0 Å². The van der Waals surface area contributed by atoms with E-state index in [9.17, 15) is 14.4 Å². The van der Waals surface area contributed by atoms with E-state index in [1.807, 2.05) is 0 Å². The minimum absolute atomic E-state index is 0.117. The van der Waals surface area contributed by atoms with Crippen molar-refractivity contribution in [2.24, 2.45) is 0 Å². The molecule has 4 heterocycles. The maximum absolute atomic E-state index is 12.9. The Hall–Kier alpha value is -1.83. The minimum atomic E-state index is -0.823. The van der Waals surface area contributed by atoms with Crippen molar-refractivity contribution < 1.29 is 57.0 Å². The number of hydrogen-bond donors (Lipinski definition) is 0. The third-order valence-electron chi connectivity index (χ3n) is 14.6. The highest BCUT2D eigenvalue weighted by atomic mass is 16.6. The van der Waals surface area contributed by atoms with Crippen molar-refractivity contribution in [2.75, 3.05) is 26.4 Å². The zero-order chi connectivity index (χ0) is 49.3. The maximum Gasteiger partial charge on any atom is 0.306 e. The van der Waals surface area contributed by atoms with Gasteiger partial charge >= 0.3 is 17.9 Å². The van der Waals surface area contributed by atoms with Crippen LogP contribution in [0.25, 0.3) is 0 Å². The Morgan fingerprint density at radius 2 is 0.725 bits per heavy atom. The Morgan fingerprint density at radius 1 is 0.391 bits per heavy atom. The highest BCUT2D eigenvalue weighted by Crippen LogP contribution is 2.39. The first-order valence-electron chi connectivity index (χ1n) is 29.0. The molecule has 0 aromatic heterocycles. The van der Waals surface area contributed by atoms with E-state index in [-0.39, 0.29) is 49.8 Å². The molecule has 4 saturated heterocycles. The predicted octanol–water partition coefficient (Wildman–Crippen LogP) is 13.2. The van der Waals surface area contributed by atoms with Gasteiger partial charge in [-0.25, -0.2) is 0 Å². The summed E-state index contributed by atoms with van der Waals surface area (Å²) in [5.41, 5.74) is 0. The van der Waals surface area contributed by atoms with Gasteiger partial charge in [-0.3, -0.25) is 14.4 Å². The van der Waals surface area contributed by atoms with E-state index in [2.05, 4.69) is 34.6 Å². The van der Waals surface area contributed by atoms with E-state index in [0.29, 0.717) is 74.9 Å². The Bertz CT molecular complexity index is 1270. The van der Waals surface area contributed by atoms with Gasteiger partial charge in [0.1, 0.15) is 25.4 Å². The average molecular weight is 979 g/mol. The number of hydrogen-bond acceptors (Lipinski definition) is 12. The van der Waals surface area contributed by atoms with Crippen LogP contribution in [-0.2, 0) is 57.0 Å². The molecule has 402 valence electrons. The molecule has 4 fully saturated rings. The predicted molar refractivity (Wildman–Crippen MR) is 271 cm³/mol. The Balaban J connectivity index is 1.02. The van der Waals surface area contributed by atoms with Crippen LogP contribution < -0.4 is 0 Å². The smallest absolute Gasteiger partial charge is 0.306 e. The second kappa shape index (κ2) is 37.0. The van der Waals surface area contributed by atoms with Crippen molar-refractivity contribution in [3.8, 4) is 0 Å². The molecule has 0 amide bonds. The van der Waals surface area contributed by atoms with Gasteiger partial charge in [0.25, 0.3) is 0 Å². The third kappa shape index (κ3) is 30.1. The summed E-state index contributed by atoms with van der Waals surface area (Å²) in [6.45, 7) is 12.2. The topological polar surface area (TPSA) is 147 Å². The molecule has 4 aliphatic heterocycles. The summed E-state index contributed by atoms with van der Waals surface area (Å²) >= 11 is 0. The molecule has 0 aromatic carbocycles. The lowest BCUT2D eigenvalue weighted by molar-refractivity contribution is -0.167. The lowest BCUT2D eigenvalue weighted by Gasteiger charge is -2.18. The van der Waals surface area contributed by atoms with Crippen molar-refractivity contribution >= 4 is 17.9 Å². The molecule has 12 nitrogen and oxygen atoms in total. The molecule has 0 radical (unpaired) electrons. The molecule has 0 saturated carbocycles. The second-order valence-electron chi connectivity index (χ2n) is 21.3. The highest BCUT2D eigenvalue weighted by Gasteiger charge is 2.47. The Kier molecular flexibility index (Phi) is 32.0. The van der Waals surface area contributed by atoms with Crippen molar-refractivity contribution in [3.05, 3.63) is 0 Å². The van der Waals surface area contributed by atoms with E-state index >= 15 is 0 Å². The number of unbranched alkanes of at least 4 members (excludes halogenated alkanes) is 18. The summed E-state index contributed by atoms with van der Waals surface area (Å²) in [5, 5.41) is 0. The van der Waals surface area contributed by atoms with Crippen LogP contribution in [0.2, 0.25) is 0 Å². The van der Waals surface area contributed by atoms with E-state index in [0.717, 1.165) is 135 Å². The van der Waals surface area contributed by atoms with Crippen LogP contribution in [0, 0.1) is 0 Å². The molecule has 12 heteroatoms. The van der Waals surface area contributed by atoms with E-state index in [1.54, 1.807) is 0 Å². The lowest BCUT2D eigenvalue weighted by Crippen LogP contribution is -2.30. The largest absolute Gasteiger partial charge is 0.462 e. The van der Waals surface area contributed by atoms with Crippen LogP contribution in [0.3, 0.4) is 0 Å². The van der Waals surface area contributed by atoms with Crippen LogP contribution in [0.5, 0.6) is 0 Å². The number of ether oxygens (including phenoxy) is 9. The summed E-state index contributed by atoms with van der Waals surface area (Å²) in [4.78, 5) is 38.4. The number of carbonyl (C=O) groups is 3. The fraction of sp³-hybridized carbons (Fsp3) is 0.947. The molecular formula is C57H102O12. The molecule has 0 N–H and O–H groups in total. The van der Waals surface area contributed by atoms with Crippen LogP contribution >= 0.6 is 0 Å². The summed E-state index contributed by atoms with van der Waals surface area (Å²) < 4.78 is 52.3. The van der Waals surface area contributed by atoms with Crippen molar-refractivity contribution in [3.63, 3.8) is 0 Å². The first kappa shape index (κ1) is 59.7. The van der Waals surface area contributed by atoms with Crippen molar-refractivity contribution in [1.82, 2.24) is 0 Å². The quantitative estimate of drug-likeness (QED) is 0.0247. The molecule has 10 atom stereocenters. The van der Waals surface area contributed by atoms with Crippen LogP contribution in [0.4, 0.5) is 0 Å². The molecule has 4 aliphatic rings. The standard InChI is InChI=1S/C57H102O12/c1-6-9-21-30-44(4)61-42-53-49(68-53)34-25-16-12-18-27-36-55(58)63-40-46(41-64-56(59)37-28-19-13-17-26-35-50-54(69-50)43-62-45(5)31-22-10-7-2)65-57(60)38-29-20-14-15-24-33-48-52(67-48)39-51-47(66-51)32-23-11-8-3/h44-54H,6-43H2,1-5H3. The van der Waals surface area contributed by atoms with E-state index < -0.39 is 6.10 Å². The van der Waals surface area contributed by atoms with Crippen LogP contribution in [0.1, 0.15) is 253 Å². The molecular weight excluding hydrogens is 877 g/mol. The van der Waals surface area contributed by atoms with Gasteiger partial charge in [-0.2, -0.15) is 0 Å². The van der Waals surface area contributed by atoms with E-state index in [4.69, 9.17) is 42.6 Å². The molecule has 69 heavy (non-hydrogen) atoms. The van der Waals surface area contributed by atoms with Crippen molar-refractivity contribution in [2.45, 2.75) is 320 Å². The fourth-order valence-corrected chi connectivity index (χ4v) is 9.63. The number of esters is 3. The SMILES string of the molecule is CCCCCC(C)OCC1OC1CCCCCCCC(=O)OCC(COC(=O)CCCCCCCC1OC1COC(C)CCCCC)OC(=O)CCCCCCCC1OC1CC1OC1CCCCC. The van der Waals surface area contributed by atoms with Gasteiger partial charge < -0.3 is 42.6 Å². The Labute approximate surface area is 420 Å². The van der Waals surface area contributed by atoms with Crippen LogP contribution in [-0.4, -0.2) is 111 Å². The molecule has 0 bridgehead atoms. The number of rotatable bonds is 49. The second-order valence-corrected chi connectivity index (χ2v) is 21.3. The molecule has 0 aliphatic carbocycles. The van der Waals surface area contributed by atoms with Gasteiger partial charge in [0, 0.05) is 25.7 Å². The monoisotopic (exact) mass is 979 g/mol. The number of epoxide rings is 4. The summed E-state index contributed by atoms with van der Waals surface area (Å²) in [5.74, 6) is -0.989. The third-order valence-corrected chi connectivity index (χ3v) is 14.6. The lowest BCUT2D eigenvalue weighted by atomic mass is 10.0. The van der Waals surface area contributed by atoms with Gasteiger partial charge in [0.2, 0.25) is 0 Å². The summed E-state index contributed by atoms with van der Waals surface area (Å²) in [6.07, 6.45) is 37.3. The summed E-state index contributed by atoms with van der Waals surface area (Å²) in [6, 6.07) is 0. The van der Waals surface area contributed by atoms with Gasteiger partial charge in [-0.05, 0) is 71.6 Å². The first-order valence-corrected chi connectivity index (χ1v) is 29.0. The van der Waals surface area contributed by atoms with Gasteiger partial charge in [0.15, 0.2) is 6.10 Å². The zero-order valence-corrected chi connectivity index (χ0v) is 44.6. The normalized spacial score (nSPS) is 24.7. The molecule has 10 unspecified atom stereocenters. The first-order chi connectivity index (χ1) is 33.7. The van der Waals surface area contributed by atoms with Gasteiger partial charge in [-0.1, -0.05) is 156 Å². The van der Waals surface area contributed by atoms with Crippen molar-refractivity contribution in [1.29, 1.82) is 0 Å². The fourth-order valence-electron chi connectivity index (χ4n) is 9.63. The number of carbonyl (C=O) groups excluding carboxylic acids is 3. The highest BCUT2D eigenvalue weighted by molar-refractivity contribution is 5.71. The van der Waals surface area contributed by atoms with Crippen LogP contribution in [0.15, 0.2) is 0 Å². The Morgan fingerprint density at radius 3 is 1.14 bits per heavy atom. The van der Waals surface area contributed by atoms with Gasteiger partial charge in [-0.15, -0.1) is 0 Å². The van der Waals surface area contributed by atoms with E-state index in [1.165, 1.54) is 64.2 Å². The molecule has 0 aromatic rings. The summed E-state index contributed by atoms with van der Waals surface area (Å²) in [7, 11) is 0. The zero-order valence-electron chi connectivity index (χ0n) is 44.6.